The maximum atomic E-state index is 13.3. The second kappa shape index (κ2) is 10.2. The van der Waals surface area contributed by atoms with Crippen LogP contribution in [0, 0.1) is 0 Å². The number of rotatable bonds is 6. The zero-order chi connectivity index (χ0) is 26.2. The van der Waals surface area contributed by atoms with E-state index in [0.717, 1.165) is 20.3 Å². The quantitative estimate of drug-likeness (QED) is 0.303. The van der Waals surface area contributed by atoms with Crippen molar-refractivity contribution in [3.63, 3.8) is 0 Å². The molecule has 4 aromatic rings. The molecule has 5 rings (SSSR count). The number of carbonyl (C=O) groups excluding carboxylic acids is 2. The average molecular weight is 601 g/mol. The second-order valence-electron chi connectivity index (χ2n) is 8.29. The molecule has 11 heteroatoms. The zero-order valence-electron chi connectivity index (χ0n) is 19.8. The lowest BCUT2D eigenvalue weighted by Crippen LogP contribution is -2.29. The van der Waals surface area contributed by atoms with Crippen LogP contribution in [0.1, 0.15) is 22.8 Å². The Morgan fingerprint density at radius 1 is 1.08 bits per heavy atom. The Hall–Kier alpha value is -3.28. The Kier molecular flexibility index (Phi) is 7.02. The number of sulfonamides is 1. The maximum absolute atomic E-state index is 13.3. The molecule has 0 fully saturated rings. The lowest BCUT2D eigenvalue weighted by molar-refractivity contribution is -0.143. The smallest absolute Gasteiger partial charge is 0.326 e. The third kappa shape index (κ3) is 4.98. The lowest BCUT2D eigenvalue weighted by Gasteiger charge is -2.19. The number of para-hydroxylation sites is 1. The van der Waals surface area contributed by atoms with Crippen LogP contribution in [0.25, 0.3) is 10.2 Å². The van der Waals surface area contributed by atoms with Crippen molar-refractivity contribution in [1.29, 1.82) is 0 Å². The third-order valence-corrected chi connectivity index (χ3v) is 9.33. The summed E-state index contributed by atoms with van der Waals surface area (Å²) in [6, 6.07) is 18.8. The number of ether oxygens (including phenoxy) is 1. The highest BCUT2D eigenvalue weighted by atomic mass is 79.9. The van der Waals surface area contributed by atoms with Gasteiger partial charge in [0.2, 0.25) is 0 Å². The first-order valence-electron chi connectivity index (χ1n) is 11.5. The normalized spacial score (nSPS) is 13.7. The minimum Gasteiger partial charge on any atom is -0.465 e. The van der Waals surface area contributed by atoms with Gasteiger partial charge in [-0.05, 0) is 67.4 Å². The summed E-state index contributed by atoms with van der Waals surface area (Å²) >= 11 is 4.72. The minimum atomic E-state index is -3.77. The van der Waals surface area contributed by atoms with Crippen molar-refractivity contribution < 1.29 is 22.7 Å². The van der Waals surface area contributed by atoms with E-state index in [4.69, 9.17) is 4.74 Å². The van der Waals surface area contributed by atoms with Gasteiger partial charge in [0, 0.05) is 16.6 Å². The van der Waals surface area contributed by atoms with E-state index in [1.54, 1.807) is 17.6 Å². The van der Waals surface area contributed by atoms with E-state index in [1.807, 2.05) is 36.4 Å². The molecule has 2 heterocycles. The molecule has 0 saturated carbocycles. The molecule has 3 aromatic carbocycles. The summed E-state index contributed by atoms with van der Waals surface area (Å²) in [5.74, 6) is -0.976. The molecule has 0 spiro atoms. The van der Waals surface area contributed by atoms with Crippen LogP contribution in [-0.2, 0) is 32.5 Å². The predicted molar refractivity (Wildman–Crippen MR) is 145 cm³/mol. The van der Waals surface area contributed by atoms with Gasteiger partial charge >= 0.3 is 5.97 Å². The summed E-state index contributed by atoms with van der Waals surface area (Å²) in [7, 11) is -3.77. The number of esters is 1. The molecule has 8 nitrogen and oxygen atoms in total. The van der Waals surface area contributed by atoms with E-state index in [9.17, 15) is 18.0 Å². The number of anilines is 1. The summed E-state index contributed by atoms with van der Waals surface area (Å²) in [6.07, 6.45) is 0.655. The van der Waals surface area contributed by atoms with E-state index in [0.29, 0.717) is 23.5 Å². The van der Waals surface area contributed by atoms with Gasteiger partial charge < -0.3 is 9.30 Å². The molecule has 1 amide bonds. The van der Waals surface area contributed by atoms with Crippen molar-refractivity contribution in [2.24, 2.45) is 4.99 Å². The summed E-state index contributed by atoms with van der Waals surface area (Å²) < 4.78 is 36.4. The number of aromatic nitrogens is 1. The highest BCUT2D eigenvalue weighted by Crippen LogP contribution is 2.32. The van der Waals surface area contributed by atoms with Crippen molar-refractivity contribution in [2.45, 2.75) is 24.8 Å². The Labute approximate surface area is 226 Å². The molecular weight excluding hydrogens is 578 g/mol. The standard InChI is InChI=1S/C26H22BrN3O5S2/c1-2-35-24(31)16-29-22-12-9-19(27)15-23(22)36-26(29)28-25(32)18-7-10-20(11-8-18)37(33,34)30-14-13-17-5-3-4-6-21(17)30/h3-12,15H,2,13-14,16H2,1H3. The molecule has 0 radical (unpaired) electrons. The second-order valence-corrected chi connectivity index (χ2v) is 12.1. The Bertz CT molecular complexity index is 1690. The van der Waals surface area contributed by atoms with Gasteiger partial charge in [-0.15, -0.1) is 0 Å². The molecule has 0 aliphatic carbocycles. The molecule has 1 aliphatic heterocycles. The maximum Gasteiger partial charge on any atom is 0.326 e. The number of benzene rings is 3. The summed E-state index contributed by atoms with van der Waals surface area (Å²) in [6.45, 7) is 2.26. The van der Waals surface area contributed by atoms with Gasteiger partial charge in [0.05, 0.1) is 27.4 Å². The van der Waals surface area contributed by atoms with Crippen molar-refractivity contribution in [3.8, 4) is 0 Å². The van der Waals surface area contributed by atoms with Gasteiger partial charge in [-0.1, -0.05) is 45.5 Å². The molecule has 0 saturated heterocycles. The largest absolute Gasteiger partial charge is 0.465 e. The molecule has 0 unspecified atom stereocenters. The Morgan fingerprint density at radius 3 is 2.59 bits per heavy atom. The molecular formula is C26H22BrN3O5S2. The Morgan fingerprint density at radius 2 is 1.84 bits per heavy atom. The summed E-state index contributed by atoms with van der Waals surface area (Å²) in [4.78, 5) is 30.0. The van der Waals surface area contributed by atoms with Crippen molar-refractivity contribution >= 4 is 65.1 Å². The van der Waals surface area contributed by atoms with Crippen molar-refractivity contribution in [3.05, 3.63) is 87.1 Å². The third-order valence-electron chi connectivity index (χ3n) is 5.97. The number of halogens is 1. The fourth-order valence-corrected chi connectivity index (χ4v) is 7.31. The molecule has 37 heavy (non-hydrogen) atoms. The molecule has 0 bridgehead atoms. The van der Waals surface area contributed by atoms with Gasteiger partial charge in [0.1, 0.15) is 6.54 Å². The van der Waals surface area contributed by atoms with Crippen LogP contribution < -0.4 is 9.11 Å². The van der Waals surface area contributed by atoms with Gasteiger partial charge in [0.15, 0.2) is 4.80 Å². The predicted octanol–water partition coefficient (Wildman–Crippen LogP) is 4.52. The Balaban J connectivity index is 1.46. The van der Waals surface area contributed by atoms with Gasteiger partial charge in [-0.2, -0.15) is 4.99 Å². The van der Waals surface area contributed by atoms with Crippen LogP contribution >= 0.6 is 27.3 Å². The summed E-state index contributed by atoms with van der Waals surface area (Å²) in [5, 5.41) is 0. The average Bonchev–Trinajstić information content (AvgIpc) is 3.46. The molecule has 1 aliphatic rings. The number of nitrogens with zero attached hydrogens (tertiary/aromatic N) is 3. The van der Waals surface area contributed by atoms with Crippen LogP contribution in [-0.4, -0.2) is 38.0 Å². The first kappa shape index (κ1) is 25.4. The monoisotopic (exact) mass is 599 g/mol. The van der Waals surface area contributed by atoms with Crippen LogP contribution in [0.2, 0.25) is 0 Å². The number of hydrogen-bond acceptors (Lipinski definition) is 6. The zero-order valence-corrected chi connectivity index (χ0v) is 23.0. The molecule has 0 atom stereocenters. The molecule has 1 aromatic heterocycles. The highest BCUT2D eigenvalue weighted by molar-refractivity contribution is 9.10. The topological polar surface area (TPSA) is 98.0 Å². The molecule has 0 N–H and O–H groups in total. The summed E-state index contributed by atoms with van der Waals surface area (Å²) in [5.41, 5.74) is 2.66. The van der Waals surface area contributed by atoms with Crippen LogP contribution in [0.4, 0.5) is 5.69 Å². The van der Waals surface area contributed by atoms with Gasteiger partial charge in [0.25, 0.3) is 15.9 Å². The van der Waals surface area contributed by atoms with Crippen LogP contribution in [0.5, 0.6) is 0 Å². The number of hydrogen-bond donors (Lipinski definition) is 0. The SMILES string of the molecule is CCOC(=O)Cn1c(=NC(=O)c2ccc(S(=O)(=O)N3CCc4ccccc43)cc2)sc2cc(Br)ccc21. The van der Waals surface area contributed by atoms with Crippen molar-refractivity contribution in [1.82, 2.24) is 4.57 Å². The number of amides is 1. The van der Waals surface area contributed by atoms with E-state index in [2.05, 4.69) is 20.9 Å². The molecule has 190 valence electrons. The van der Waals surface area contributed by atoms with E-state index >= 15 is 0 Å². The van der Waals surface area contributed by atoms with Gasteiger partial charge in [-0.3, -0.25) is 13.9 Å². The minimum absolute atomic E-state index is 0.0872. The lowest BCUT2D eigenvalue weighted by atomic mass is 10.2. The number of carbonyl (C=O) groups is 2. The van der Waals surface area contributed by atoms with Crippen molar-refractivity contribution in [2.75, 3.05) is 17.5 Å². The van der Waals surface area contributed by atoms with E-state index < -0.39 is 21.9 Å². The first-order chi connectivity index (χ1) is 17.8. The number of thiazole rings is 1. The fraction of sp³-hybridized carbons (Fsp3) is 0.192. The van der Waals surface area contributed by atoms with Gasteiger partial charge in [-0.25, -0.2) is 8.42 Å². The highest BCUT2D eigenvalue weighted by Gasteiger charge is 2.30. The van der Waals surface area contributed by atoms with E-state index in [1.165, 1.54) is 39.9 Å². The first-order valence-corrected chi connectivity index (χ1v) is 14.6. The van der Waals surface area contributed by atoms with E-state index in [-0.39, 0.29) is 23.6 Å². The van der Waals surface area contributed by atoms with Crippen LogP contribution in [0.3, 0.4) is 0 Å². The van der Waals surface area contributed by atoms with Crippen LogP contribution in [0.15, 0.2) is 81.1 Å². The fourth-order valence-electron chi connectivity index (χ4n) is 4.23. The number of fused-ring (bicyclic) bond motifs is 2.